The van der Waals surface area contributed by atoms with Crippen molar-refractivity contribution in [3.05, 3.63) is 66.2 Å². The summed E-state index contributed by atoms with van der Waals surface area (Å²) in [5, 5.41) is 4.16. The molecule has 4 heteroatoms. The summed E-state index contributed by atoms with van der Waals surface area (Å²) in [6, 6.07) is 21.0. The van der Waals surface area contributed by atoms with Gasteiger partial charge in [0.15, 0.2) is 18.4 Å². The van der Waals surface area contributed by atoms with Crippen LogP contribution in [0.4, 0.5) is 5.69 Å². The summed E-state index contributed by atoms with van der Waals surface area (Å²) < 4.78 is 0. The van der Waals surface area contributed by atoms with Crippen molar-refractivity contribution in [2.45, 2.75) is 6.42 Å². The van der Waals surface area contributed by atoms with E-state index in [2.05, 4.69) is 64.8 Å². The van der Waals surface area contributed by atoms with E-state index >= 15 is 0 Å². The van der Waals surface area contributed by atoms with E-state index in [0.717, 1.165) is 37.1 Å². The number of para-hydroxylation sites is 1. The molecule has 108 valence electrons. The van der Waals surface area contributed by atoms with Gasteiger partial charge in [-0.05, 0) is 29.9 Å². The zero-order valence-electron chi connectivity index (χ0n) is 12.0. The van der Waals surface area contributed by atoms with Crippen LogP contribution in [0.2, 0.25) is 0 Å². The first-order valence-electron chi connectivity index (χ1n) is 7.31. The van der Waals surface area contributed by atoms with Gasteiger partial charge in [0.1, 0.15) is 0 Å². The lowest BCUT2D eigenvalue weighted by atomic mass is 10.1. The molecular formula is C17H20N3S+. The molecule has 1 aliphatic heterocycles. The summed E-state index contributed by atoms with van der Waals surface area (Å²) in [7, 11) is 0. The first-order chi connectivity index (χ1) is 10.3. The monoisotopic (exact) mass is 298 g/mol. The molecule has 2 N–H and O–H groups in total. The maximum atomic E-state index is 5.44. The fourth-order valence-corrected chi connectivity index (χ4v) is 2.84. The third-order valence-electron chi connectivity index (χ3n) is 3.79. The second kappa shape index (κ2) is 6.70. The Morgan fingerprint density at radius 1 is 1.00 bits per heavy atom. The Hall–Kier alpha value is -1.91. The lowest BCUT2D eigenvalue weighted by molar-refractivity contribution is -0.902. The van der Waals surface area contributed by atoms with Crippen molar-refractivity contribution >= 4 is 23.0 Å². The predicted molar refractivity (Wildman–Crippen MR) is 90.4 cm³/mol. The van der Waals surface area contributed by atoms with Crippen molar-refractivity contribution in [2.24, 2.45) is 0 Å². The van der Waals surface area contributed by atoms with Crippen LogP contribution in [-0.2, 0) is 6.42 Å². The van der Waals surface area contributed by atoms with Gasteiger partial charge < -0.3 is 10.2 Å². The molecule has 1 unspecified atom stereocenters. The van der Waals surface area contributed by atoms with E-state index in [0.29, 0.717) is 0 Å². The lowest BCUT2D eigenvalue weighted by Gasteiger charge is -2.35. The Morgan fingerprint density at radius 2 is 1.67 bits per heavy atom. The summed E-state index contributed by atoms with van der Waals surface area (Å²) in [5.74, 6) is 0. The minimum absolute atomic E-state index is 0.824. The summed E-state index contributed by atoms with van der Waals surface area (Å²) >= 11 is 5.44. The Balaban J connectivity index is 1.62. The molecule has 0 aliphatic carbocycles. The van der Waals surface area contributed by atoms with E-state index in [1.165, 1.54) is 10.5 Å². The van der Waals surface area contributed by atoms with Crippen molar-refractivity contribution in [2.75, 3.05) is 24.8 Å². The largest absolute Gasteiger partial charge is 0.315 e. The van der Waals surface area contributed by atoms with Crippen LogP contribution < -0.4 is 15.1 Å². The van der Waals surface area contributed by atoms with Crippen LogP contribution in [-0.4, -0.2) is 25.0 Å². The van der Waals surface area contributed by atoms with Crippen molar-refractivity contribution in [3.8, 4) is 0 Å². The van der Waals surface area contributed by atoms with Crippen molar-refractivity contribution < 1.29 is 4.90 Å². The van der Waals surface area contributed by atoms with Gasteiger partial charge in [0.2, 0.25) is 0 Å². The number of anilines is 1. The van der Waals surface area contributed by atoms with E-state index < -0.39 is 0 Å². The second-order valence-electron chi connectivity index (χ2n) is 5.32. The van der Waals surface area contributed by atoms with Gasteiger partial charge in [0.25, 0.3) is 0 Å². The average Bonchev–Trinajstić information content (AvgIpc) is 2.56. The molecule has 1 atom stereocenters. The molecule has 21 heavy (non-hydrogen) atoms. The fourth-order valence-electron chi connectivity index (χ4n) is 2.60. The highest BCUT2D eigenvalue weighted by atomic mass is 32.1. The number of nitrogens with one attached hydrogen (secondary N) is 2. The van der Waals surface area contributed by atoms with Gasteiger partial charge >= 0.3 is 0 Å². The third kappa shape index (κ3) is 3.60. The van der Waals surface area contributed by atoms with Crippen LogP contribution >= 0.6 is 12.2 Å². The normalized spacial score (nSPS) is 18.4. The van der Waals surface area contributed by atoms with Crippen LogP contribution in [0.5, 0.6) is 0 Å². The van der Waals surface area contributed by atoms with Crippen LogP contribution in [0.15, 0.2) is 60.7 Å². The fraction of sp³-hybridized carbons (Fsp3) is 0.235. The summed E-state index contributed by atoms with van der Waals surface area (Å²) in [6.07, 6.45) is 1.09. The predicted octanol–water partition coefficient (Wildman–Crippen LogP) is 1.42. The van der Waals surface area contributed by atoms with Gasteiger partial charge in [-0.25, -0.2) is 0 Å². The van der Waals surface area contributed by atoms with E-state index in [4.69, 9.17) is 12.2 Å². The number of nitrogens with zero attached hydrogens (tertiary/aromatic N) is 1. The van der Waals surface area contributed by atoms with Crippen LogP contribution in [0.3, 0.4) is 0 Å². The highest BCUT2D eigenvalue weighted by molar-refractivity contribution is 7.80. The molecule has 0 spiro atoms. The number of hydrogen-bond acceptors (Lipinski definition) is 1. The molecule has 1 saturated heterocycles. The van der Waals surface area contributed by atoms with E-state index in [1.807, 2.05) is 6.07 Å². The van der Waals surface area contributed by atoms with Gasteiger partial charge in [-0.15, -0.1) is 0 Å². The molecule has 0 radical (unpaired) electrons. The highest BCUT2D eigenvalue weighted by Crippen LogP contribution is 2.12. The molecule has 0 aromatic heterocycles. The minimum atomic E-state index is 0.824. The zero-order chi connectivity index (χ0) is 14.5. The molecule has 0 amide bonds. The standard InChI is InChI=1S/C17H19N3S/c21-17-18-13-19(12-11-15-7-3-1-4-8-15)14-20(17)16-9-5-2-6-10-16/h1-10H,11-14H2,(H,18,21)/p+1. The number of thiocarbonyl (C=S) groups is 1. The van der Waals surface area contributed by atoms with Gasteiger partial charge in [0, 0.05) is 12.1 Å². The maximum absolute atomic E-state index is 5.44. The van der Waals surface area contributed by atoms with Crippen molar-refractivity contribution in [1.82, 2.24) is 5.32 Å². The Labute approximate surface area is 131 Å². The Morgan fingerprint density at radius 3 is 2.38 bits per heavy atom. The molecule has 1 heterocycles. The molecule has 3 nitrogen and oxygen atoms in total. The molecule has 0 bridgehead atoms. The van der Waals surface area contributed by atoms with Gasteiger partial charge in [-0.1, -0.05) is 48.5 Å². The number of benzene rings is 2. The smallest absolute Gasteiger partial charge is 0.182 e. The average molecular weight is 298 g/mol. The van der Waals surface area contributed by atoms with Crippen LogP contribution in [0, 0.1) is 0 Å². The van der Waals surface area contributed by atoms with E-state index in [1.54, 1.807) is 0 Å². The minimum Gasteiger partial charge on any atom is -0.315 e. The number of quaternary nitrogens is 1. The molecule has 2 aromatic carbocycles. The maximum Gasteiger partial charge on any atom is 0.182 e. The molecule has 1 fully saturated rings. The number of rotatable bonds is 4. The Kier molecular flexibility index (Phi) is 4.48. The summed E-state index contributed by atoms with van der Waals surface area (Å²) in [5.41, 5.74) is 2.55. The third-order valence-corrected chi connectivity index (χ3v) is 4.16. The SMILES string of the molecule is S=C1NC[NH+](CCc2ccccc2)CN1c1ccccc1. The van der Waals surface area contributed by atoms with Gasteiger partial charge in [-0.3, -0.25) is 4.90 Å². The van der Waals surface area contributed by atoms with Gasteiger partial charge in [-0.2, -0.15) is 0 Å². The number of hydrogen-bond donors (Lipinski definition) is 2. The van der Waals surface area contributed by atoms with E-state index in [9.17, 15) is 0 Å². The van der Waals surface area contributed by atoms with Crippen LogP contribution in [0.25, 0.3) is 0 Å². The van der Waals surface area contributed by atoms with Gasteiger partial charge in [0.05, 0.1) is 6.54 Å². The quantitative estimate of drug-likeness (QED) is 0.833. The van der Waals surface area contributed by atoms with E-state index in [-0.39, 0.29) is 0 Å². The Bertz CT molecular complexity index is 585. The first kappa shape index (κ1) is 14.0. The molecular weight excluding hydrogens is 278 g/mol. The topological polar surface area (TPSA) is 19.7 Å². The summed E-state index contributed by atoms with van der Waals surface area (Å²) in [4.78, 5) is 3.68. The second-order valence-corrected chi connectivity index (χ2v) is 5.70. The molecule has 2 aromatic rings. The lowest BCUT2D eigenvalue weighted by Crippen LogP contribution is -3.17. The molecule has 1 aliphatic rings. The first-order valence-corrected chi connectivity index (χ1v) is 7.71. The van der Waals surface area contributed by atoms with Crippen molar-refractivity contribution in [1.29, 1.82) is 0 Å². The zero-order valence-corrected chi connectivity index (χ0v) is 12.8. The van der Waals surface area contributed by atoms with Crippen molar-refractivity contribution in [3.63, 3.8) is 0 Å². The van der Waals surface area contributed by atoms with Crippen LogP contribution in [0.1, 0.15) is 5.56 Å². The summed E-state index contributed by atoms with van der Waals surface area (Å²) in [6.45, 7) is 2.92. The molecule has 3 rings (SSSR count). The molecule has 0 saturated carbocycles. The highest BCUT2D eigenvalue weighted by Gasteiger charge is 2.24.